The minimum atomic E-state index is -0.125. The summed E-state index contributed by atoms with van der Waals surface area (Å²) in [6.45, 7) is 0. The summed E-state index contributed by atoms with van der Waals surface area (Å²) < 4.78 is 0. The first-order valence-corrected chi connectivity index (χ1v) is 7.19. The Balaban J connectivity index is 1.89. The van der Waals surface area contributed by atoms with Crippen LogP contribution in [0.2, 0.25) is 0 Å². The maximum atomic E-state index is 5.59. The number of nitrogens with two attached hydrogens (primary N) is 3. The van der Waals surface area contributed by atoms with Gasteiger partial charge in [-0.1, -0.05) is 11.3 Å². The Bertz CT molecular complexity index is 827. The van der Waals surface area contributed by atoms with Crippen molar-refractivity contribution in [3.8, 4) is 10.6 Å². The minimum Gasteiger partial charge on any atom is -0.370 e. The number of benzene rings is 1. The molecule has 22 heavy (non-hydrogen) atoms. The topological polar surface area (TPSA) is 129 Å². The van der Waals surface area contributed by atoms with E-state index in [1.807, 2.05) is 36.4 Å². The van der Waals surface area contributed by atoms with Gasteiger partial charge in [-0.3, -0.25) is 0 Å². The lowest BCUT2D eigenvalue weighted by Crippen LogP contribution is -2.26. The minimum absolute atomic E-state index is 0.0111. The van der Waals surface area contributed by atoms with Gasteiger partial charge in [-0.25, -0.2) is 15.0 Å². The van der Waals surface area contributed by atoms with E-state index in [2.05, 4.69) is 20.0 Å². The van der Waals surface area contributed by atoms with E-state index < -0.39 is 0 Å². The van der Waals surface area contributed by atoms with Crippen molar-refractivity contribution in [1.82, 2.24) is 9.97 Å². The second kappa shape index (κ2) is 5.78. The Kier molecular flexibility index (Phi) is 3.67. The number of hydrogen-bond donors (Lipinski definition) is 3. The zero-order chi connectivity index (χ0) is 15.5. The third-order valence-electron chi connectivity index (χ3n) is 2.77. The fraction of sp³-hybridized carbons (Fsp3) is 0. The summed E-state index contributed by atoms with van der Waals surface area (Å²) in [6, 6.07) is 11.3. The van der Waals surface area contributed by atoms with Crippen molar-refractivity contribution >= 4 is 39.3 Å². The van der Waals surface area contributed by atoms with Gasteiger partial charge in [0.25, 0.3) is 0 Å². The van der Waals surface area contributed by atoms with Gasteiger partial charge in [0.15, 0.2) is 5.96 Å². The molecule has 0 bridgehead atoms. The Morgan fingerprint density at radius 1 is 1.05 bits per heavy atom. The van der Waals surface area contributed by atoms with Crippen LogP contribution in [0.1, 0.15) is 0 Å². The van der Waals surface area contributed by atoms with Crippen LogP contribution < -0.4 is 17.2 Å². The summed E-state index contributed by atoms with van der Waals surface area (Å²) >= 11 is 1.54. The summed E-state index contributed by atoms with van der Waals surface area (Å²) in [6.07, 6.45) is 1.76. The maximum Gasteiger partial charge on any atom is 0.223 e. The van der Waals surface area contributed by atoms with Crippen LogP contribution in [0.15, 0.2) is 52.6 Å². The second-order valence-corrected chi connectivity index (χ2v) is 5.38. The first kappa shape index (κ1) is 14.0. The molecule has 0 aliphatic heterocycles. The SMILES string of the molecule is NC(N)=NC(N)=Nc1ccc(-c2nc3cccnc3s2)cc1. The molecule has 0 amide bonds. The molecule has 6 N–H and O–H groups in total. The lowest BCUT2D eigenvalue weighted by molar-refractivity contribution is 1.38. The van der Waals surface area contributed by atoms with Crippen molar-refractivity contribution in [3.05, 3.63) is 42.6 Å². The summed E-state index contributed by atoms with van der Waals surface area (Å²) in [5.74, 6) is -0.114. The van der Waals surface area contributed by atoms with Gasteiger partial charge in [0, 0.05) is 11.8 Å². The first-order valence-electron chi connectivity index (χ1n) is 6.37. The first-order chi connectivity index (χ1) is 10.6. The zero-order valence-electron chi connectivity index (χ0n) is 11.5. The zero-order valence-corrected chi connectivity index (χ0v) is 12.3. The van der Waals surface area contributed by atoms with E-state index in [0.29, 0.717) is 5.69 Å². The normalized spacial score (nSPS) is 11.5. The second-order valence-electron chi connectivity index (χ2n) is 4.40. The number of thiazole rings is 1. The fourth-order valence-corrected chi connectivity index (χ4v) is 2.77. The molecule has 2 aromatic heterocycles. The number of nitrogens with zero attached hydrogens (tertiary/aromatic N) is 4. The van der Waals surface area contributed by atoms with Crippen LogP contribution in [0.25, 0.3) is 20.9 Å². The standard InChI is InChI=1S/C14H13N7S/c15-13(16)21-14(17)19-9-5-3-8(4-6-9)11-20-10-2-1-7-18-12(10)22-11/h1-7H,(H6,15,16,17,19,21). The molecule has 110 valence electrons. The van der Waals surface area contributed by atoms with E-state index in [-0.39, 0.29) is 11.9 Å². The number of aromatic nitrogens is 2. The van der Waals surface area contributed by atoms with Crippen molar-refractivity contribution in [2.24, 2.45) is 27.2 Å². The van der Waals surface area contributed by atoms with E-state index >= 15 is 0 Å². The van der Waals surface area contributed by atoms with E-state index in [1.165, 1.54) is 0 Å². The van der Waals surface area contributed by atoms with Crippen molar-refractivity contribution in [3.63, 3.8) is 0 Å². The molecule has 0 unspecified atom stereocenters. The summed E-state index contributed by atoms with van der Waals surface area (Å²) in [5, 5.41) is 0.904. The Morgan fingerprint density at radius 2 is 1.82 bits per heavy atom. The van der Waals surface area contributed by atoms with E-state index in [0.717, 1.165) is 20.9 Å². The predicted octanol–water partition coefficient (Wildman–Crippen LogP) is 1.58. The van der Waals surface area contributed by atoms with E-state index in [4.69, 9.17) is 17.2 Å². The average molecular weight is 311 g/mol. The molecule has 0 atom stereocenters. The van der Waals surface area contributed by atoms with Crippen LogP contribution in [0.3, 0.4) is 0 Å². The van der Waals surface area contributed by atoms with Crippen molar-refractivity contribution in [1.29, 1.82) is 0 Å². The third kappa shape index (κ3) is 3.01. The molecule has 3 rings (SSSR count). The average Bonchev–Trinajstić information content (AvgIpc) is 2.91. The van der Waals surface area contributed by atoms with Gasteiger partial charge in [0.1, 0.15) is 15.4 Å². The highest BCUT2D eigenvalue weighted by atomic mass is 32.1. The number of pyridine rings is 1. The molecule has 0 saturated heterocycles. The summed E-state index contributed by atoms with van der Waals surface area (Å²) in [5.41, 5.74) is 18.6. The molecule has 0 radical (unpaired) electrons. The number of guanidine groups is 2. The molecule has 0 fully saturated rings. The van der Waals surface area contributed by atoms with Crippen LogP contribution in [-0.4, -0.2) is 21.9 Å². The molecule has 0 spiro atoms. The van der Waals surface area contributed by atoms with Crippen molar-refractivity contribution in [2.45, 2.75) is 0 Å². The quantitative estimate of drug-likeness (QED) is 0.489. The van der Waals surface area contributed by atoms with Crippen LogP contribution in [0, 0.1) is 0 Å². The molecule has 0 saturated carbocycles. The maximum absolute atomic E-state index is 5.59. The molecule has 0 aliphatic rings. The summed E-state index contributed by atoms with van der Waals surface area (Å²) in [4.78, 5) is 17.5. The van der Waals surface area contributed by atoms with Crippen LogP contribution >= 0.6 is 11.3 Å². The Labute approximate surface area is 130 Å². The Hall–Kier alpha value is -3.00. The number of fused-ring (bicyclic) bond motifs is 1. The van der Waals surface area contributed by atoms with Crippen molar-refractivity contribution in [2.75, 3.05) is 0 Å². The molecular weight excluding hydrogens is 298 g/mol. The van der Waals surface area contributed by atoms with Crippen molar-refractivity contribution < 1.29 is 0 Å². The lowest BCUT2D eigenvalue weighted by Gasteiger charge is -1.98. The number of rotatable bonds is 2. The molecule has 0 aliphatic carbocycles. The summed E-state index contributed by atoms with van der Waals surface area (Å²) in [7, 11) is 0. The molecule has 7 nitrogen and oxygen atoms in total. The highest BCUT2D eigenvalue weighted by Gasteiger charge is 2.06. The number of aliphatic imine (C=N–C) groups is 2. The number of hydrogen-bond acceptors (Lipinski definition) is 4. The van der Waals surface area contributed by atoms with Gasteiger partial charge in [0.2, 0.25) is 5.96 Å². The van der Waals surface area contributed by atoms with Gasteiger partial charge in [-0.15, -0.1) is 0 Å². The predicted molar refractivity (Wildman–Crippen MR) is 89.9 cm³/mol. The van der Waals surface area contributed by atoms with Gasteiger partial charge in [-0.2, -0.15) is 4.99 Å². The third-order valence-corrected chi connectivity index (χ3v) is 3.80. The largest absolute Gasteiger partial charge is 0.370 e. The van der Waals surface area contributed by atoms with E-state index in [1.54, 1.807) is 17.5 Å². The highest BCUT2D eigenvalue weighted by molar-refractivity contribution is 7.21. The molecule has 8 heteroatoms. The molecular formula is C14H13N7S. The van der Waals surface area contributed by atoms with Crippen LogP contribution in [0.5, 0.6) is 0 Å². The molecule has 1 aromatic carbocycles. The smallest absolute Gasteiger partial charge is 0.223 e. The lowest BCUT2D eigenvalue weighted by atomic mass is 10.2. The Morgan fingerprint density at radius 3 is 2.50 bits per heavy atom. The molecule has 2 heterocycles. The van der Waals surface area contributed by atoms with Crippen LogP contribution in [-0.2, 0) is 0 Å². The van der Waals surface area contributed by atoms with Gasteiger partial charge < -0.3 is 17.2 Å². The van der Waals surface area contributed by atoms with Gasteiger partial charge in [0.05, 0.1) is 5.69 Å². The fourth-order valence-electron chi connectivity index (χ4n) is 1.86. The molecule has 3 aromatic rings. The van der Waals surface area contributed by atoms with Gasteiger partial charge >= 0.3 is 0 Å². The van der Waals surface area contributed by atoms with Gasteiger partial charge in [-0.05, 0) is 36.4 Å². The van der Waals surface area contributed by atoms with Crippen LogP contribution in [0.4, 0.5) is 5.69 Å². The van der Waals surface area contributed by atoms with E-state index in [9.17, 15) is 0 Å². The monoisotopic (exact) mass is 311 g/mol. The highest BCUT2D eigenvalue weighted by Crippen LogP contribution is 2.29.